The molecule has 3 nitrogen and oxygen atoms in total. The van der Waals surface area contributed by atoms with E-state index in [1.165, 1.54) is 25.0 Å². The van der Waals surface area contributed by atoms with Crippen molar-refractivity contribution in [3.05, 3.63) is 36.1 Å². The lowest BCUT2D eigenvalue weighted by Gasteiger charge is -2.26. The minimum Gasteiger partial charge on any atom is -0.509 e. The van der Waals surface area contributed by atoms with Crippen LogP contribution in [0.15, 0.2) is 36.1 Å². The molecule has 0 aliphatic heterocycles. The van der Waals surface area contributed by atoms with Gasteiger partial charge in [0.2, 0.25) is 0 Å². The Morgan fingerprint density at radius 3 is 2.33 bits per heavy atom. The van der Waals surface area contributed by atoms with Gasteiger partial charge < -0.3 is 14.9 Å². The first kappa shape index (κ1) is 22.9. The Labute approximate surface area is 150 Å². The molecule has 0 amide bonds. The molecular weight excluding hydrogens is 296 g/mol. The largest absolute Gasteiger partial charge is 0.509 e. The van der Waals surface area contributed by atoms with Gasteiger partial charge in [-0.25, -0.2) is 0 Å². The van der Waals surface area contributed by atoms with Crippen molar-refractivity contribution in [2.24, 2.45) is 5.92 Å². The summed E-state index contributed by atoms with van der Waals surface area (Å²) >= 11 is 0. The van der Waals surface area contributed by atoms with Crippen LogP contribution in [0, 0.1) is 5.92 Å². The van der Waals surface area contributed by atoms with Crippen LogP contribution in [0.25, 0.3) is 0 Å². The highest BCUT2D eigenvalue weighted by Gasteiger charge is 2.12. The Balaban J connectivity index is 4.38. The third kappa shape index (κ3) is 11.5. The highest BCUT2D eigenvalue weighted by atomic mass is 16.3. The minimum atomic E-state index is 0.126. The van der Waals surface area contributed by atoms with Crippen LogP contribution in [-0.4, -0.2) is 54.7 Å². The zero-order valence-electron chi connectivity index (χ0n) is 16.7. The van der Waals surface area contributed by atoms with E-state index in [-0.39, 0.29) is 5.76 Å². The molecule has 140 valence electrons. The zero-order chi connectivity index (χ0) is 18.4. The Hall–Kier alpha value is -1.06. The van der Waals surface area contributed by atoms with E-state index in [2.05, 4.69) is 57.2 Å². The molecule has 1 atom stereocenters. The second-order valence-electron chi connectivity index (χ2n) is 6.66. The maximum absolute atomic E-state index is 9.15. The van der Waals surface area contributed by atoms with Crippen LogP contribution in [0.3, 0.4) is 0 Å². The van der Waals surface area contributed by atoms with Crippen molar-refractivity contribution >= 4 is 0 Å². The topological polar surface area (TPSA) is 26.7 Å². The molecule has 0 bridgehead atoms. The monoisotopic (exact) mass is 336 g/mol. The van der Waals surface area contributed by atoms with E-state index in [0.717, 1.165) is 44.9 Å². The van der Waals surface area contributed by atoms with Gasteiger partial charge in [-0.05, 0) is 57.9 Å². The molecule has 3 heteroatoms. The fourth-order valence-corrected chi connectivity index (χ4v) is 2.95. The molecule has 0 saturated heterocycles. The Bertz CT molecular complexity index is 383. The standard InChI is InChI=1S/C21H40N2O/c1-7-12-21(14-11-13-19(5)24)17-22(6)16-15-20(8-2)18-23(9-3)10-4/h11-13,20,24H,5,7-10,14-18H2,1-4,6H3/b13-11-,21-12+. The van der Waals surface area contributed by atoms with E-state index < -0.39 is 0 Å². The number of rotatable bonds is 14. The number of hydrogen-bond donors (Lipinski definition) is 1. The van der Waals surface area contributed by atoms with Crippen LogP contribution in [0.5, 0.6) is 0 Å². The number of likely N-dealkylation sites (N-methyl/N-ethyl adjacent to an activating group) is 1. The first-order valence-electron chi connectivity index (χ1n) is 9.59. The van der Waals surface area contributed by atoms with Gasteiger partial charge in [-0.3, -0.25) is 0 Å². The zero-order valence-corrected chi connectivity index (χ0v) is 16.7. The molecule has 0 aromatic rings. The van der Waals surface area contributed by atoms with Crippen LogP contribution in [0.1, 0.15) is 53.4 Å². The normalized spacial score (nSPS) is 14.0. The summed E-state index contributed by atoms with van der Waals surface area (Å²) in [6, 6.07) is 0. The lowest BCUT2D eigenvalue weighted by molar-refractivity contribution is 0.223. The maximum Gasteiger partial charge on any atom is 0.108 e. The molecule has 0 heterocycles. The molecule has 0 spiro atoms. The van der Waals surface area contributed by atoms with Gasteiger partial charge in [0.25, 0.3) is 0 Å². The molecular formula is C21H40N2O. The molecule has 0 aliphatic rings. The van der Waals surface area contributed by atoms with Gasteiger partial charge in [0, 0.05) is 13.1 Å². The van der Waals surface area contributed by atoms with Crippen molar-refractivity contribution < 1.29 is 5.11 Å². The van der Waals surface area contributed by atoms with E-state index in [0.29, 0.717) is 0 Å². The van der Waals surface area contributed by atoms with E-state index in [9.17, 15) is 0 Å². The van der Waals surface area contributed by atoms with Gasteiger partial charge in [-0.2, -0.15) is 0 Å². The van der Waals surface area contributed by atoms with Gasteiger partial charge >= 0.3 is 0 Å². The Kier molecular flexibility index (Phi) is 13.7. The van der Waals surface area contributed by atoms with Crippen LogP contribution < -0.4 is 0 Å². The van der Waals surface area contributed by atoms with Crippen LogP contribution >= 0.6 is 0 Å². The molecule has 1 unspecified atom stereocenters. The van der Waals surface area contributed by atoms with Gasteiger partial charge in [0.1, 0.15) is 5.76 Å². The molecule has 1 N–H and O–H groups in total. The van der Waals surface area contributed by atoms with Gasteiger partial charge in [-0.1, -0.05) is 58.4 Å². The SMILES string of the molecule is C=C(O)/C=C\C/C(=C\CC)CN(C)CCC(CC)CN(CC)CC. The molecule has 0 aliphatic carbocycles. The third-order valence-corrected chi connectivity index (χ3v) is 4.56. The molecule has 0 fully saturated rings. The number of aliphatic hydroxyl groups excluding tert-OH is 1. The molecule has 0 radical (unpaired) electrons. The lowest BCUT2D eigenvalue weighted by atomic mass is 10.0. The highest BCUT2D eigenvalue weighted by molar-refractivity contribution is 5.13. The number of nitrogens with zero attached hydrogens (tertiary/aromatic N) is 2. The van der Waals surface area contributed by atoms with E-state index >= 15 is 0 Å². The summed E-state index contributed by atoms with van der Waals surface area (Å²) in [6.45, 7) is 18.1. The van der Waals surface area contributed by atoms with Gasteiger partial charge in [0.05, 0.1) is 0 Å². The molecule has 0 aromatic carbocycles. The summed E-state index contributed by atoms with van der Waals surface area (Å²) in [7, 11) is 2.21. The van der Waals surface area contributed by atoms with Crippen molar-refractivity contribution in [1.29, 1.82) is 0 Å². The minimum absolute atomic E-state index is 0.126. The predicted molar refractivity (Wildman–Crippen MR) is 108 cm³/mol. The fraction of sp³-hybridized carbons (Fsp3) is 0.714. The summed E-state index contributed by atoms with van der Waals surface area (Å²) in [6.07, 6.45) is 10.4. The van der Waals surface area contributed by atoms with Crippen molar-refractivity contribution in [3.63, 3.8) is 0 Å². The number of hydrogen-bond acceptors (Lipinski definition) is 3. The average Bonchev–Trinajstić information content (AvgIpc) is 2.55. The number of aliphatic hydroxyl groups is 1. The van der Waals surface area contributed by atoms with Gasteiger partial charge in [0.15, 0.2) is 0 Å². The number of allylic oxidation sites excluding steroid dienone is 3. The first-order valence-corrected chi connectivity index (χ1v) is 9.59. The molecule has 24 heavy (non-hydrogen) atoms. The second-order valence-corrected chi connectivity index (χ2v) is 6.66. The lowest BCUT2D eigenvalue weighted by Crippen LogP contribution is -2.31. The van der Waals surface area contributed by atoms with Crippen LogP contribution in [0.2, 0.25) is 0 Å². The smallest absolute Gasteiger partial charge is 0.108 e. The third-order valence-electron chi connectivity index (χ3n) is 4.56. The first-order chi connectivity index (χ1) is 11.5. The molecule has 0 aromatic heterocycles. The van der Waals surface area contributed by atoms with Crippen molar-refractivity contribution in [2.75, 3.05) is 39.8 Å². The van der Waals surface area contributed by atoms with Gasteiger partial charge in [-0.15, -0.1) is 0 Å². The second kappa shape index (κ2) is 14.3. The van der Waals surface area contributed by atoms with E-state index in [4.69, 9.17) is 5.11 Å². The predicted octanol–water partition coefficient (Wildman–Crippen LogP) is 5.03. The summed E-state index contributed by atoms with van der Waals surface area (Å²) in [5.41, 5.74) is 1.41. The summed E-state index contributed by atoms with van der Waals surface area (Å²) in [5, 5.41) is 9.15. The molecule has 0 rings (SSSR count). The maximum atomic E-state index is 9.15. The summed E-state index contributed by atoms with van der Waals surface area (Å²) in [4.78, 5) is 4.96. The van der Waals surface area contributed by atoms with Crippen LogP contribution in [0.4, 0.5) is 0 Å². The Morgan fingerprint density at radius 2 is 1.83 bits per heavy atom. The summed E-state index contributed by atoms with van der Waals surface area (Å²) in [5.74, 6) is 0.907. The van der Waals surface area contributed by atoms with Crippen molar-refractivity contribution in [1.82, 2.24) is 9.80 Å². The van der Waals surface area contributed by atoms with E-state index in [1.54, 1.807) is 6.08 Å². The molecule has 0 saturated carbocycles. The highest BCUT2D eigenvalue weighted by Crippen LogP contribution is 2.13. The van der Waals surface area contributed by atoms with Crippen molar-refractivity contribution in [2.45, 2.75) is 53.4 Å². The van der Waals surface area contributed by atoms with Crippen LogP contribution in [-0.2, 0) is 0 Å². The summed E-state index contributed by atoms with van der Waals surface area (Å²) < 4.78 is 0. The average molecular weight is 337 g/mol. The van der Waals surface area contributed by atoms with E-state index in [1.807, 2.05) is 6.08 Å². The fourth-order valence-electron chi connectivity index (χ4n) is 2.95. The van der Waals surface area contributed by atoms with Crippen molar-refractivity contribution in [3.8, 4) is 0 Å². The Morgan fingerprint density at radius 1 is 1.17 bits per heavy atom. The quantitative estimate of drug-likeness (QED) is 0.274.